The van der Waals surface area contributed by atoms with E-state index in [0.29, 0.717) is 0 Å². The molecule has 3 atom stereocenters. The fourth-order valence-corrected chi connectivity index (χ4v) is 3.78. The highest BCUT2D eigenvalue weighted by atomic mass is 35.5. The van der Waals surface area contributed by atoms with Crippen LogP contribution in [0.25, 0.3) is 11.3 Å². The van der Waals surface area contributed by atoms with Gasteiger partial charge in [-0.25, -0.2) is 4.98 Å². The van der Waals surface area contributed by atoms with Crippen molar-refractivity contribution < 1.29 is 9.53 Å². The van der Waals surface area contributed by atoms with Crippen LogP contribution in [0.4, 0.5) is 10.8 Å². The number of hydrogen-bond donors (Lipinski definition) is 1. The molecule has 0 bridgehead atoms. The number of carbonyl (C=O) groups is 1. The second kappa shape index (κ2) is 7.72. The number of rotatable bonds is 4. The van der Waals surface area contributed by atoms with Gasteiger partial charge in [0.05, 0.1) is 17.9 Å². The largest absolute Gasteiger partial charge is 0.372 e. The lowest BCUT2D eigenvalue weighted by Gasteiger charge is -2.35. The number of alkyl halides is 1. The van der Waals surface area contributed by atoms with Gasteiger partial charge in [0.25, 0.3) is 0 Å². The molecule has 1 N–H and O–H groups in total. The van der Waals surface area contributed by atoms with Crippen LogP contribution in [-0.4, -0.2) is 41.6 Å². The van der Waals surface area contributed by atoms with Crippen molar-refractivity contribution >= 4 is 39.7 Å². The van der Waals surface area contributed by atoms with Crippen LogP contribution in [0, 0.1) is 0 Å². The minimum Gasteiger partial charge on any atom is -0.372 e. The zero-order chi connectivity index (χ0) is 18.0. The quantitative estimate of drug-likeness (QED) is 0.816. The van der Waals surface area contributed by atoms with Crippen molar-refractivity contribution in [3.63, 3.8) is 0 Å². The number of anilines is 2. The van der Waals surface area contributed by atoms with Crippen molar-refractivity contribution in [2.45, 2.75) is 38.4 Å². The average molecular weight is 380 g/mol. The summed E-state index contributed by atoms with van der Waals surface area (Å²) in [5.74, 6) is -0.214. The Morgan fingerprint density at radius 1 is 1.40 bits per heavy atom. The number of morpholine rings is 1. The van der Waals surface area contributed by atoms with E-state index in [0.717, 1.165) is 35.2 Å². The van der Waals surface area contributed by atoms with Gasteiger partial charge in [0.1, 0.15) is 5.38 Å². The number of benzene rings is 1. The van der Waals surface area contributed by atoms with Gasteiger partial charge < -0.3 is 15.0 Å². The number of hydrogen-bond acceptors (Lipinski definition) is 5. The molecule has 0 saturated carbocycles. The van der Waals surface area contributed by atoms with E-state index in [1.54, 1.807) is 18.3 Å². The number of ether oxygens (including phenoxy) is 1. The number of nitrogens with zero attached hydrogens (tertiary/aromatic N) is 2. The lowest BCUT2D eigenvalue weighted by Crippen LogP contribution is -2.45. The maximum absolute atomic E-state index is 11.8. The van der Waals surface area contributed by atoms with Crippen molar-refractivity contribution in [2.24, 2.45) is 0 Å². The number of carbonyl (C=O) groups excluding carboxylic acids is 1. The molecule has 5 nitrogen and oxygen atoms in total. The highest BCUT2D eigenvalue weighted by Crippen LogP contribution is 2.30. The Morgan fingerprint density at radius 2 is 2.12 bits per heavy atom. The van der Waals surface area contributed by atoms with Gasteiger partial charge in [-0.2, -0.15) is 0 Å². The molecule has 1 saturated heterocycles. The summed E-state index contributed by atoms with van der Waals surface area (Å²) in [5.41, 5.74) is 2.59. The van der Waals surface area contributed by atoms with E-state index < -0.39 is 5.38 Å². The fourth-order valence-electron chi connectivity index (χ4n) is 2.87. The molecule has 7 heteroatoms. The molecule has 0 radical (unpaired) electrons. The van der Waals surface area contributed by atoms with Crippen molar-refractivity contribution in [3.8, 4) is 11.3 Å². The van der Waals surface area contributed by atoms with E-state index >= 15 is 0 Å². The van der Waals surface area contributed by atoms with Crippen LogP contribution < -0.4 is 10.2 Å². The molecule has 1 aliphatic heterocycles. The van der Waals surface area contributed by atoms with Crippen LogP contribution in [0.15, 0.2) is 29.6 Å². The fraction of sp³-hybridized carbons (Fsp3) is 0.444. The number of thiazole rings is 1. The van der Waals surface area contributed by atoms with E-state index in [4.69, 9.17) is 21.3 Å². The SMILES string of the molecule is CC1CN(c2nc(-c3cccc(NC(=O)C(C)Cl)c3)cs2)CC(C)O1. The zero-order valence-electron chi connectivity index (χ0n) is 14.5. The van der Waals surface area contributed by atoms with Crippen LogP contribution in [0.5, 0.6) is 0 Å². The van der Waals surface area contributed by atoms with Crippen molar-refractivity contribution in [2.75, 3.05) is 23.3 Å². The van der Waals surface area contributed by atoms with Gasteiger partial charge in [-0.05, 0) is 32.9 Å². The van der Waals surface area contributed by atoms with Gasteiger partial charge >= 0.3 is 0 Å². The molecule has 3 rings (SSSR count). The minimum atomic E-state index is -0.570. The molecule has 2 heterocycles. The van der Waals surface area contributed by atoms with Gasteiger partial charge in [0, 0.05) is 29.7 Å². The first-order valence-electron chi connectivity index (χ1n) is 8.33. The second-order valence-electron chi connectivity index (χ2n) is 6.36. The van der Waals surface area contributed by atoms with Crippen molar-refractivity contribution in [1.29, 1.82) is 0 Å². The van der Waals surface area contributed by atoms with Gasteiger partial charge in [-0.15, -0.1) is 22.9 Å². The Morgan fingerprint density at radius 3 is 2.80 bits per heavy atom. The summed E-state index contributed by atoms with van der Waals surface area (Å²) in [6, 6.07) is 7.66. The first kappa shape index (κ1) is 18.2. The first-order chi connectivity index (χ1) is 11.9. The summed E-state index contributed by atoms with van der Waals surface area (Å²) in [7, 11) is 0. The average Bonchev–Trinajstić information content (AvgIpc) is 3.04. The lowest BCUT2D eigenvalue weighted by atomic mass is 10.1. The number of nitrogens with one attached hydrogen (secondary N) is 1. The standard InChI is InChI=1S/C18H22ClN3O2S/c1-11-8-22(9-12(2)24-11)18-21-16(10-25-18)14-5-4-6-15(7-14)20-17(23)13(3)19/h4-7,10-13H,8-9H2,1-3H3,(H,20,23). The number of halogens is 1. The molecule has 0 aliphatic carbocycles. The Balaban J connectivity index is 1.77. The third kappa shape index (κ3) is 4.51. The molecule has 1 aliphatic rings. The Labute approximate surface area is 157 Å². The second-order valence-corrected chi connectivity index (χ2v) is 7.85. The van der Waals surface area contributed by atoms with Crippen LogP contribution in [0.2, 0.25) is 0 Å². The molecule has 1 aromatic heterocycles. The van der Waals surface area contributed by atoms with E-state index in [9.17, 15) is 4.79 Å². The monoisotopic (exact) mass is 379 g/mol. The molecule has 1 fully saturated rings. The first-order valence-corrected chi connectivity index (χ1v) is 9.65. The van der Waals surface area contributed by atoms with Crippen molar-refractivity contribution in [3.05, 3.63) is 29.6 Å². The number of aromatic nitrogens is 1. The highest BCUT2D eigenvalue weighted by Gasteiger charge is 2.24. The minimum absolute atomic E-state index is 0.201. The third-order valence-electron chi connectivity index (χ3n) is 3.97. The van der Waals surface area contributed by atoms with Crippen LogP contribution in [0.1, 0.15) is 20.8 Å². The summed E-state index contributed by atoms with van der Waals surface area (Å²) in [6.45, 7) is 7.52. The molecule has 25 heavy (non-hydrogen) atoms. The summed E-state index contributed by atoms with van der Waals surface area (Å²) in [5, 5.41) is 5.29. The molecule has 0 spiro atoms. The molecule has 1 aromatic carbocycles. The van der Waals surface area contributed by atoms with Crippen LogP contribution >= 0.6 is 22.9 Å². The van der Waals surface area contributed by atoms with E-state index in [2.05, 4.69) is 24.1 Å². The maximum Gasteiger partial charge on any atom is 0.242 e. The predicted molar refractivity (Wildman–Crippen MR) is 104 cm³/mol. The van der Waals surface area contributed by atoms with E-state index in [1.165, 1.54) is 0 Å². The van der Waals surface area contributed by atoms with Gasteiger partial charge in [-0.3, -0.25) is 4.79 Å². The predicted octanol–water partition coefficient (Wildman–Crippen LogP) is 3.99. The zero-order valence-corrected chi connectivity index (χ0v) is 16.1. The smallest absolute Gasteiger partial charge is 0.242 e. The maximum atomic E-state index is 11.8. The normalized spacial score (nSPS) is 21.8. The Hall–Kier alpha value is -1.63. The summed E-state index contributed by atoms with van der Waals surface area (Å²) >= 11 is 7.44. The van der Waals surface area contributed by atoms with Gasteiger partial charge in [0.2, 0.25) is 5.91 Å². The molecule has 134 valence electrons. The summed E-state index contributed by atoms with van der Waals surface area (Å²) in [4.78, 5) is 18.8. The van der Waals surface area contributed by atoms with Crippen LogP contribution in [-0.2, 0) is 9.53 Å². The Kier molecular flexibility index (Phi) is 5.61. The molecule has 1 amide bonds. The van der Waals surface area contributed by atoms with Crippen LogP contribution in [0.3, 0.4) is 0 Å². The van der Waals surface area contributed by atoms with Gasteiger partial charge in [-0.1, -0.05) is 12.1 Å². The van der Waals surface area contributed by atoms with Crippen molar-refractivity contribution in [1.82, 2.24) is 4.98 Å². The lowest BCUT2D eigenvalue weighted by molar-refractivity contribution is -0.115. The van der Waals surface area contributed by atoms with E-state index in [1.807, 2.05) is 29.6 Å². The molecule has 2 aromatic rings. The topological polar surface area (TPSA) is 54.5 Å². The van der Waals surface area contributed by atoms with Gasteiger partial charge in [0.15, 0.2) is 5.13 Å². The highest BCUT2D eigenvalue weighted by molar-refractivity contribution is 7.14. The van der Waals surface area contributed by atoms with E-state index in [-0.39, 0.29) is 18.1 Å². The molecule has 3 unspecified atom stereocenters. The summed E-state index contributed by atoms with van der Waals surface area (Å²) in [6.07, 6.45) is 0.402. The third-order valence-corrected chi connectivity index (χ3v) is 5.07. The number of amides is 1. The summed E-state index contributed by atoms with van der Waals surface area (Å²) < 4.78 is 5.79. The molecular formula is C18H22ClN3O2S. The Bertz CT molecular complexity index is 739. The molecular weight excluding hydrogens is 358 g/mol.